The molecule has 2 heterocycles. The molecule has 2 fully saturated rings. The molecule has 0 spiro atoms. The second kappa shape index (κ2) is 19.4. The van der Waals surface area contributed by atoms with Crippen molar-refractivity contribution in [3.63, 3.8) is 0 Å². The molecule has 3 aromatic carbocycles. The highest BCUT2D eigenvalue weighted by atomic mass is 16.6. The fraction of sp³-hybridized carbons (Fsp3) is 0.465. The summed E-state index contributed by atoms with van der Waals surface area (Å²) in [7, 11) is -0.205. The number of amides is 2. The molecule has 2 aliphatic heterocycles. The number of ketones is 3. The number of hydrogen-bond acceptors (Lipinski definition) is 14. The third-order valence-corrected chi connectivity index (χ3v) is 11.7. The summed E-state index contributed by atoms with van der Waals surface area (Å²) >= 11 is 0. The Morgan fingerprint density at radius 2 is 1.67 bits per heavy atom. The number of fused-ring (bicyclic) bond motifs is 4. The normalized spacial score (nSPS) is 20.7. The largest absolute Gasteiger partial charge is 0.507 e. The van der Waals surface area contributed by atoms with Crippen LogP contribution in [0.5, 0.6) is 17.2 Å². The van der Waals surface area contributed by atoms with Crippen LogP contribution in [-0.4, -0.2) is 119 Å². The van der Waals surface area contributed by atoms with Crippen LogP contribution >= 0.6 is 0 Å². The Labute approximate surface area is 347 Å². The molecule has 3 aromatic rings. The maximum Gasteiger partial charge on any atom is 0.488 e. The molecule has 5 atom stereocenters. The third-order valence-electron chi connectivity index (χ3n) is 11.7. The summed E-state index contributed by atoms with van der Waals surface area (Å²) in [6.07, 6.45) is 3.12. The number of nitrogens with zero attached hydrogens (tertiary/aromatic N) is 1. The number of carbonyl (C=O) groups excluding carboxylic acids is 5. The number of Topliss-reactive ketones (excluding diaryl/α,β-unsaturated/α-hetero) is 1. The van der Waals surface area contributed by atoms with Crippen molar-refractivity contribution in [2.45, 2.75) is 89.6 Å². The number of phenols is 2. The van der Waals surface area contributed by atoms with Crippen molar-refractivity contribution in [2.75, 3.05) is 33.6 Å². The summed E-state index contributed by atoms with van der Waals surface area (Å²) in [5, 5.41) is 52.3. The van der Waals surface area contributed by atoms with E-state index in [4.69, 9.17) is 24.1 Å². The molecule has 0 radical (unpaired) electrons. The lowest BCUT2D eigenvalue weighted by Crippen LogP contribution is -2.48. The van der Waals surface area contributed by atoms with E-state index in [9.17, 15) is 44.2 Å². The van der Waals surface area contributed by atoms with Gasteiger partial charge in [-0.15, -0.1) is 0 Å². The smallest absolute Gasteiger partial charge is 0.488 e. The van der Waals surface area contributed by atoms with Gasteiger partial charge in [-0.3, -0.25) is 24.1 Å². The first kappa shape index (κ1) is 44.2. The van der Waals surface area contributed by atoms with Gasteiger partial charge in [0.1, 0.15) is 42.8 Å². The molecule has 7 rings (SSSR count). The molecule has 6 N–H and O–H groups in total. The Hall–Kier alpha value is -5.33. The quantitative estimate of drug-likeness (QED) is 0.0684. The summed E-state index contributed by atoms with van der Waals surface area (Å²) < 4.78 is 22.4. The van der Waals surface area contributed by atoms with Crippen molar-refractivity contribution in [2.24, 2.45) is 5.92 Å². The van der Waals surface area contributed by atoms with Crippen molar-refractivity contribution in [3.8, 4) is 17.2 Å². The summed E-state index contributed by atoms with van der Waals surface area (Å²) in [6.45, 7) is 4.21. The summed E-state index contributed by atoms with van der Waals surface area (Å²) in [5.74, 6) is -2.66. The number of methoxy groups -OCH3 is 1. The summed E-state index contributed by atoms with van der Waals surface area (Å²) in [5.41, 5.74) is 1.28. The molecular weight excluding hydrogens is 779 g/mol. The minimum absolute atomic E-state index is 0.0568. The standard InChI is InChI=1S/C22H33BN2O7.C21H18O7/c1-3-4-5-6-20(26)24-13-19(16-7-9-17(10-8-16)23(28)29)32-22(27)25-14-31-21-15(2)30-12-11-18(21)25;1-28-14-4-2-3-11-15(14)21(27)17-16(19(11)25)20(26)12-7-9(13(23)8-22)5-6-10(12)18(17)24/h7-10,15,18-19,21,28-29H,3-6,11-14H2,1-2H3,(H,24,26);2-4,9,22,24,26H,5-8H2,1H3. The first-order valence-electron chi connectivity index (χ1n) is 20.2. The fourth-order valence-corrected chi connectivity index (χ4v) is 8.32. The highest BCUT2D eigenvalue weighted by molar-refractivity contribution is 6.58. The van der Waals surface area contributed by atoms with E-state index in [1.165, 1.54) is 13.2 Å². The van der Waals surface area contributed by atoms with Crippen molar-refractivity contribution >= 4 is 41.9 Å². The number of aromatic hydroxyl groups is 2. The Balaban J connectivity index is 0.000000203. The molecule has 2 saturated heterocycles. The van der Waals surface area contributed by atoms with Crippen molar-refractivity contribution in [1.29, 1.82) is 0 Å². The zero-order valence-electron chi connectivity index (χ0n) is 33.8. The van der Waals surface area contributed by atoms with Crippen LogP contribution in [0.2, 0.25) is 0 Å². The lowest BCUT2D eigenvalue weighted by atomic mass is 9.75. The number of rotatable bonds is 12. The Morgan fingerprint density at radius 1 is 0.950 bits per heavy atom. The molecule has 17 heteroatoms. The van der Waals surface area contributed by atoms with Gasteiger partial charge >= 0.3 is 13.2 Å². The SMILES string of the molecule is CCCCCC(=O)NCC(OC(=O)N1COC2C(C)OCCC21)c1ccc(B(O)O)cc1.COc1cccc2c1C(=O)c1c(O)c3c(c(O)c1C2=O)CC(C(=O)CO)CC3. The van der Waals surface area contributed by atoms with Crippen LogP contribution in [0.1, 0.15) is 107 Å². The second-order valence-corrected chi connectivity index (χ2v) is 15.3. The van der Waals surface area contributed by atoms with Gasteiger partial charge in [-0.25, -0.2) is 4.79 Å². The zero-order valence-corrected chi connectivity index (χ0v) is 33.8. The van der Waals surface area contributed by atoms with E-state index < -0.39 is 43.4 Å². The topological polar surface area (TPSA) is 239 Å². The summed E-state index contributed by atoms with van der Waals surface area (Å²) in [4.78, 5) is 64.9. The number of ether oxygens (including phenoxy) is 4. The van der Waals surface area contributed by atoms with Gasteiger partial charge in [0.15, 0.2) is 11.6 Å². The average molecular weight is 831 g/mol. The van der Waals surface area contributed by atoms with E-state index in [1.807, 2.05) is 6.92 Å². The van der Waals surface area contributed by atoms with Crippen LogP contribution in [0.4, 0.5) is 4.79 Å². The lowest BCUT2D eigenvalue weighted by Gasteiger charge is -2.33. The van der Waals surface area contributed by atoms with Gasteiger partial charge in [0.05, 0.1) is 42.5 Å². The number of aliphatic hydroxyl groups is 1. The van der Waals surface area contributed by atoms with Crippen LogP contribution in [0.3, 0.4) is 0 Å². The first-order chi connectivity index (χ1) is 28.8. The molecule has 2 amide bonds. The number of phenolic OH excluding ortho intramolecular Hbond substituents is 2. The monoisotopic (exact) mass is 830 g/mol. The van der Waals surface area contributed by atoms with Gasteiger partial charge in [0.2, 0.25) is 11.7 Å². The van der Waals surface area contributed by atoms with E-state index in [1.54, 1.807) is 41.3 Å². The van der Waals surface area contributed by atoms with Crippen molar-refractivity contribution in [1.82, 2.24) is 10.2 Å². The molecule has 5 unspecified atom stereocenters. The van der Waals surface area contributed by atoms with E-state index in [2.05, 4.69) is 12.2 Å². The molecular formula is C43H51BN2O14. The van der Waals surface area contributed by atoms with Crippen LogP contribution in [0.25, 0.3) is 0 Å². The number of carbonyl (C=O) groups is 5. The molecule has 60 heavy (non-hydrogen) atoms. The minimum atomic E-state index is -1.59. The van der Waals surface area contributed by atoms with Gasteiger partial charge < -0.3 is 49.6 Å². The number of aliphatic hydroxyl groups excluding tert-OH is 1. The molecule has 2 aliphatic carbocycles. The molecule has 16 nitrogen and oxygen atoms in total. The van der Waals surface area contributed by atoms with Crippen LogP contribution in [0.15, 0.2) is 42.5 Å². The van der Waals surface area contributed by atoms with Gasteiger partial charge in [0.25, 0.3) is 0 Å². The van der Waals surface area contributed by atoms with Crippen LogP contribution in [-0.2, 0) is 36.6 Å². The number of unbranched alkanes of at least 4 members (excludes halogenated alkanes) is 2. The lowest BCUT2D eigenvalue weighted by molar-refractivity contribution is -0.126. The summed E-state index contributed by atoms with van der Waals surface area (Å²) in [6, 6.07) is 10.9. The Morgan fingerprint density at radius 3 is 2.35 bits per heavy atom. The third kappa shape index (κ3) is 9.05. The van der Waals surface area contributed by atoms with Crippen molar-refractivity contribution in [3.05, 3.63) is 81.4 Å². The van der Waals surface area contributed by atoms with Gasteiger partial charge in [-0.05, 0) is 56.1 Å². The van der Waals surface area contributed by atoms with E-state index in [-0.39, 0.29) is 101 Å². The molecule has 0 saturated carbocycles. The molecule has 320 valence electrons. The number of benzene rings is 3. The average Bonchev–Trinajstić information content (AvgIpc) is 3.71. The van der Waals surface area contributed by atoms with E-state index in [0.717, 1.165) is 19.3 Å². The predicted octanol–water partition coefficient (Wildman–Crippen LogP) is 2.62. The highest BCUT2D eigenvalue weighted by Gasteiger charge is 2.45. The Kier molecular flexibility index (Phi) is 14.3. The maximum atomic E-state index is 13.1. The van der Waals surface area contributed by atoms with E-state index in [0.29, 0.717) is 42.5 Å². The molecule has 4 aliphatic rings. The van der Waals surface area contributed by atoms with Gasteiger partial charge in [-0.1, -0.05) is 56.2 Å². The highest BCUT2D eigenvalue weighted by Crippen LogP contribution is 2.47. The van der Waals surface area contributed by atoms with Gasteiger partial charge in [-0.2, -0.15) is 0 Å². The van der Waals surface area contributed by atoms with E-state index >= 15 is 0 Å². The first-order valence-corrected chi connectivity index (χ1v) is 20.2. The second-order valence-electron chi connectivity index (χ2n) is 15.3. The minimum Gasteiger partial charge on any atom is -0.507 e. The number of nitrogens with one attached hydrogen (secondary N) is 1. The van der Waals surface area contributed by atoms with Crippen LogP contribution < -0.4 is 15.5 Å². The Bertz CT molecular complexity index is 2110. The number of hydrogen-bond donors (Lipinski definition) is 6. The predicted molar refractivity (Wildman–Crippen MR) is 215 cm³/mol. The fourth-order valence-electron chi connectivity index (χ4n) is 8.32. The zero-order chi connectivity index (χ0) is 43.2. The molecule has 0 aromatic heterocycles. The maximum absolute atomic E-state index is 13.1. The van der Waals surface area contributed by atoms with Gasteiger partial charge in [0, 0.05) is 35.6 Å². The van der Waals surface area contributed by atoms with Crippen LogP contribution in [0, 0.1) is 5.92 Å². The van der Waals surface area contributed by atoms with Crippen molar-refractivity contribution < 1.29 is 68.3 Å². The molecule has 0 bridgehead atoms.